The summed E-state index contributed by atoms with van der Waals surface area (Å²) in [4.78, 5) is 39.8. The van der Waals surface area contributed by atoms with Crippen LogP contribution in [-0.2, 0) is 11.3 Å². The molecule has 0 aliphatic rings. The van der Waals surface area contributed by atoms with Gasteiger partial charge in [0, 0.05) is 10.8 Å². The number of furan rings is 1. The Morgan fingerprint density at radius 1 is 0.897 bits per heavy atom. The van der Waals surface area contributed by atoms with Crippen molar-refractivity contribution >= 4 is 38.8 Å². The number of aromatic nitrogens is 2. The predicted octanol–water partition coefficient (Wildman–Crippen LogP) is 3.19. The predicted molar refractivity (Wildman–Crippen MR) is 108 cm³/mol. The van der Waals surface area contributed by atoms with Crippen LogP contribution in [-0.4, -0.2) is 15.5 Å². The molecule has 0 aliphatic heterocycles. The highest BCUT2D eigenvalue weighted by atomic mass is 16.5. The first-order valence-corrected chi connectivity index (χ1v) is 8.94. The monoisotopic (exact) mass is 386 g/mol. The van der Waals surface area contributed by atoms with E-state index in [-0.39, 0.29) is 0 Å². The third kappa shape index (κ3) is 2.89. The first-order valence-electron chi connectivity index (χ1n) is 8.94. The zero-order valence-electron chi connectivity index (χ0n) is 15.0. The molecule has 0 bridgehead atoms. The number of carbonyl (C=O) groups is 1. The summed E-state index contributed by atoms with van der Waals surface area (Å²) in [6.07, 6.45) is 0. The van der Waals surface area contributed by atoms with Crippen LogP contribution in [0.5, 0.6) is 5.75 Å². The Hall–Kier alpha value is -4.13. The van der Waals surface area contributed by atoms with Gasteiger partial charge in [0.25, 0.3) is 5.56 Å². The summed E-state index contributed by atoms with van der Waals surface area (Å²) < 4.78 is 12.0. The van der Waals surface area contributed by atoms with Crippen LogP contribution in [0.25, 0.3) is 32.8 Å². The number of fused-ring (bicyclic) bond motifs is 4. The largest absolute Gasteiger partial charge is 0.456 e. The van der Waals surface area contributed by atoms with Crippen LogP contribution in [0.4, 0.5) is 0 Å². The van der Waals surface area contributed by atoms with Gasteiger partial charge >= 0.3 is 11.7 Å². The Morgan fingerprint density at radius 3 is 2.48 bits per heavy atom. The van der Waals surface area contributed by atoms with Crippen molar-refractivity contribution in [3.05, 3.63) is 87.6 Å². The zero-order valence-corrected chi connectivity index (χ0v) is 15.0. The number of hydrogen-bond acceptors (Lipinski definition) is 5. The molecule has 3 aromatic carbocycles. The zero-order chi connectivity index (χ0) is 20.0. The number of H-pyrrole nitrogens is 1. The van der Waals surface area contributed by atoms with Crippen LogP contribution in [0.3, 0.4) is 0 Å². The van der Waals surface area contributed by atoms with Gasteiger partial charge in [0.2, 0.25) is 0 Å². The van der Waals surface area contributed by atoms with Crippen molar-refractivity contribution in [2.24, 2.45) is 0 Å². The Labute approximate surface area is 162 Å². The number of benzene rings is 3. The number of esters is 1. The van der Waals surface area contributed by atoms with Gasteiger partial charge in [-0.25, -0.2) is 14.2 Å². The van der Waals surface area contributed by atoms with Crippen molar-refractivity contribution < 1.29 is 13.9 Å². The minimum Gasteiger partial charge on any atom is -0.456 e. The van der Waals surface area contributed by atoms with Gasteiger partial charge in [0.05, 0.1) is 10.9 Å². The fourth-order valence-electron chi connectivity index (χ4n) is 3.40. The normalized spacial score (nSPS) is 11.3. The van der Waals surface area contributed by atoms with Gasteiger partial charge in [0.1, 0.15) is 23.5 Å². The molecule has 0 aliphatic carbocycles. The first kappa shape index (κ1) is 17.0. The molecular formula is C22H14N2O5. The quantitative estimate of drug-likeness (QED) is 0.380. The van der Waals surface area contributed by atoms with Crippen LogP contribution >= 0.6 is 0 Å². The van der Waals surface area contributed by atoms with Crippen molar-refractivity contribution in [1.82, 2.24) is 9.55 Å². The lowest BCUT2D eigenvalue weighted by molar-refractivity contribution is -0.135. The SMILES string of the molecule is O=C(Cn1c(=O)[nH]c2ccccc2c1=O)Oc1ccc2oc3ccccc3c2c1. The number of nitrogens with one attached hydrogen (secondary N) is 1. The molecule has 29 heavy (non-hydrogen) atoms. The summed E-state index contributed by atoms with van der Waals surface area (Å²) in [5.74, 6) is -0.417. The molecule has 0 spiro atoms. The van der Waals surface area contributed by atoms with E-state index >= 15 is 0 Å². The molecule has 7 nitrogen and oxygen atoms in total. The number of ether oxygens (including phenoxy) is 1. The van der Waals surface area contributed by atoms with Gasteiger partial charge in [-0.3, -0.25) is 4.79 Å². The first-order chi connectivity index (χ1) is 14.1. The Kier molecular flexibility index (Phi) is 3.80. The van der Waals surface area contributed by atoms with Crippen LogP contribution in [0.1, 0.15) is 0 Å². The number of nitrogens with zero attached hydrogens (tertiary/aromatic N) is 1. The summed E-state index contributed by atoms with van der Waals surface area (Å²) >= 11 is 0. The summed E-state index contributed by atoms with van der Waals surface area (Å²) in [6, 6.07) is 19.2. The molecular weight excluding hydrogens is 372 g/mol. The molecule has 0 radical (unpaired) electrons. The van der Waals surface area contributed by atoms with Gasteiger partial charge < -0.3 is 14.1 Å². The van der Waals surface area contributed by atoms with Crippen molar-refractivity contribution in [3.8, 4) is 5.75 Å². The van der Waals surface area contributed by atoms with E-state index in [0.29, 0.717) is 22.2 Å². The van der Waals surface area contributed by atoms with E-state index in [4.69, 9.17) is 9.15 Å². The fourth-order valence-corrected chi connectivity index (χ4v) is 3.40. The van der Waals surface area contributed by atoms with E-state index in [1.165, 1.54) is 0 Å². The van der Waals surface area contributed by atoms with E-state index in [1.807, 2.05) is 24.3 Å². The minimum absolute atomic E-state index is 0.305. The molecule has 0 unspecified atom stereocenters. The van der Waals surface area contributed by atoms with Crippen molar-refractivity contribution in [1.29, 1.82) is 0 Å². The molecule has 1 N–H and O–H groups in total. The van der Waals surface area contributed by atoms with E-state index in [2.05, 4.69) is 4.98 Å². The highest BCUT2D eigenvalue weighted by Gasteiger charge is 2.14. The molecule has 0 amide bonds. The molecule has 0 fully saturated rings. The van der Waals surface area contributed by atoms with Gasteiger partial charge in [-0.2, -0.15) is 0 Å². The van der Waals surface area contributed by atoms with E-state index in [0.717, 1.165) is 20.9 Å². The Balaban J connectivity index is 1.47. The molecule has 0 atom stereocenters. The van der Waals surface area contributed by atoms with E-state index in [9.17, 15) is 14.4 Å². The highest BCUT2D eigenvalue weighted by Crippen LogP contribution is 2.31. The van der Waals surface area contributed by atoms with Crippen LogP contribution in [0.15, 0.2) is 80.7 Å². The molecule has 0 saturated carbocycles. The van der Waals surface area contributed by atoms with Crippen LogP contribution in [0, 0.1) is 0 Å². The molecule has 142 valence electrons. The summed E-state index contributed by atoms with van der Waals surface area (Å²) in [6.45, 7) is -0.497. The van der Waals surface area contributed by atoms with Gasteiger partial charge in [-0.1, -0.05) is 30.3 Å². The van der Waals surface area contributed by atoms with Gasteiger partial charge in [0.15, 0.2) is 0 Å². The maximum atomic E-state index is 12.5. The van der Waals surface area contributed by atoms with Crippen LogP contribution in [0.2, 0.25) is 0 Å². The second kappa shape index (κ2) is 6.49. The summed E-state index contributed by atoms with van der Waals surface area (Å²) in [5.41, 5.74) is 0.623. The van der Waals surface area contributed by atoms with Crippen molar-refractivity contribution in [2.75, 3.05) is 0 Å². The highest BCUT2D eigenvalue weighted by molar-refractivity contribution is 6.05. The third-order valence-corrected chi connectivity index (χ3v) is 4.76. The number of carbonyl (C=O) groups excluding carboxylic acids is 1. The lowest BCUT2D eigenvalue weighted by atomic mass is 10.1. The lowest BCUT2D eigenvalue weighted by Gasteiger charge is -2.07. The maximum absolute atomic E-state index is 12.5. The van der Waals surface area contributed by atoms with Gasteiger partial charge in [-0.05, 0) is 36.4 Å². The third-order valence-electron chi connectivity index (χ3n) is 4.76. The molecule has 0 saturated heterocycles. The number of para-hydroxylation sites is 2. The summed E-state index contributed by atoms with van der Waals surface area (Å²) in [5, 5.41) is 2.04. The van der Waals surface area contributed by atoms with Crippen molar-refractivity contribution in [3.63, 3.8) is 0 Å². The number of rotatable bonds is 3. The smallest absolute Gasteiger partial charge is 0.331 e. The number of aromatic amines is 1. The molecule has 2 aromatic heterocycles. The topological polar surface area (TPSA) is 94.3 Å². The molecule has 7 heteroatoms. The van der Waals surface area contributed by atoms with Crippen molar-refractivity contribution in [2.45, 2.75) is 6.54 Å². The average molecular weight is 386 g/mol. The van der Waals surface area contributed by atoms with E-state index < -0.39 is 23.8 Å². The second-order valence-corrected chi connectivity index (χ2v) is 6.60. The summed E-state index contributed by atoms with van der Waals surface area (Å²) in [7, 11) is 0. The molecule has 2 heterocycles. The van der Waals surface area contributed by atoms with Crippen LogP contribution < -0.4 is 16.0 Å². The second-order valence-electron chi connectivity index (χ2n) is 6.60. The lowest BCUT2D eigenvalue weighted by Crippen LogP contribution is -2.38. The van der Waals surface area contributed by atoms with E-state index in [1.54, 1.807) is 42.5 Å². The average Bonchev–Trinajstić information content (AvgIpc) is 3.09. The fraction of sp³-hybridized carbons (Fsp3) is 0.0455. The maximum Gasteiger partial charge on any atom is 0.331 e. The molecule has 5 rings (SSSR count). The van der Waals surface area contributed by atoms with Gasteiger partial charge in [-0.15, -0.1) is 0 Å². The minimum atomic E-state index is -0.722. The number of hydrogen-bond donors (Lipinski definition) is 1. The standard InChI is InChI=1S/C22H14N2O5/c25-20(12-24-21(26)15-6-1-3-7-17(15)23-22(24)27)28-13-9-10-19-16(11-13)14-5-2-4-8-18(14)29-19/h1-11H,12H2,(H,23,27). The molecule has 5 aromatic rings. The Morgan fingerprint density at radius 2 is 1.62 bits per heavy atom. The Bertz CT molecular complexity index is 1520.